The summed E-state index contributed by atoms with van der Waals surface area (Å²) in [6.45, 7) is 8.09. The van der Waals surface area contributed by atoms with Crippen LogP contribution in [0.3, 0.4) is 0 Å². The molecule has 7 heteroatoms. The third kappa shape index (κ3) is 4.93. The van der Waals surface area contributed by atoms with Gasteiger partial charge in [-0.25, -0.2) is 4.79 Å². The zero-order valence-corrected chi connectivity index (χ0v) is 19.2. The minimum Gasteiger partial charge on any atom is -0.497 e. The minimum absolute atomic E-state index is 0.0619. The van der Waals surface area contributed by atoms with Crippen LogP contribution in [0.15, 0.2) is 35.9 Å². The number of hydrogen-bond acceptors (Lipinski definition) is 5. The minimum atomic E-state index is -0.738. The van der Waals surface area contributed by atoms with Gasteiger partial charge in [0.1, 0.15) is 11.3 Å². The number of benzene rings is 1. The second kappa shape index (κ2) is 10.3. The molecule has 1 spiro atoms. The highest BCUT2D eigenvalue weighted by Crippen LogP contribution is 2.38. The summed E-state index contributed by atoms with van der Waals surface area (Å²) in [5.41, 5.74) is 1.50. The highest BCUT2D eigenvalue weighted by atomic mass is 16.5. The van der Waals surface area contributed by atoms with Crippen molar-refractivity contribution in [3.63, 3.8) is 0 Å². The van der Waals surface area contributed by atoms with Gasteiger partial charge in [0.2, 0.25) is 0 Å². The summed E-state index contributed by atoms with van der Waals surface area (Å²) in [5, 5.41) is 0. The van der Waals surface area contributed by atoms with Gasteiger partial charge in [-0.2, -0.15) is 0 Å². The van der Waals surface area contributed by atoms with Crippen molar-refractivity contribution in [2.45, 2.75) is 45.2 Å². The van der Waals surface area contributed by atoms with Gasteiger partial charge in [-0.3, -0.25) is 14.6 Å². The topological polar surface area (TPSA) is 62.3 Å². The molecule has 3 amide bonds. The first-order valence-electron chi connectivity index (χ1n) is 11.0. The van der Waals surface area contributed by atoms with Gasteiger partial charge in [0, 0.05) is 39.9 Å². The first-order valence-corrected chi connectivity index (χ1v) is 11.0. The SMILES string of the molecule is C/C=C(\C)CN1CCC2(CC1)C(=O)N(Cc1ccc(OC)cc1)C(=O)N2CCCOC. The van der Waals surface area contributed by atoms with Crippen molar-refractivity contribution in [1.29, 1.82) is 0 Å². The second-order valence-corrected chi connectivity index (χ2v) is 8.46. The van der Waals surface area contributed by atoms with Crippen LogP contribution in [0, 0.1) is 0 Å². The molecule has 0 atom stereocenters. The molecule has 2 heterocycles. The largest absolute Gasteiger partial charge is 0.497 e. The maximum Gasteiger partial charge on any atom is 0.327 e. The fraction of sp³-hybridized carbons (Fsp3) is 0.583. The lowest BCUT2D eigenvalue weighted by molar-refractivity contribution is -0.136. The molecule has 0 radical (unpaired) electrons. The van der Waals surface area contributed by atoms with Gasteiger partial charge >= 0.3 is 6.03 Å². The van der Waals surface area contributed by atoms with E-state index < -0.39 is 5.54 Å². The normalized spacial score (nSPS) is 19.5. The molecular weight excluding hydrogens is 394 g/mol. The third-order valence-electron chi connectivity index (χ3n) is 6.50. The lowest BCUT2D eigenvalue weighted by Crippen LogP contribution is -2.57. The van der Waals surface area contributed by atoms with E-state index in [0.717, 1.165) is 37.4 Å². The summed E-state index contributed by atoms with van der Waals surface area (Å²) in [4.78, 5) is 32.6. The predicted molar refractivity (Wildman–Crippen MR) is 120 cm³/mol. The van der Waals surface area contributed by atoms with Crippen LogP contribution in [0.1, 0.15) is 38.7 Å². The smallest absolute Gasteiger partial charge is 0.327 e. The summed E-state index contributed by atoms with van der Waals surface area (Å²) in [5.74, 6) is 0.692. The zero-order chi connectivity index (χ0) is 22.4. The number of ether oxygens (including phenoxy) is 2. The maximum absolute atomic E-state index is 13.6. The van der Waals surface area contributed by atoms with E-state index in [9.17, 15) is 9.59 Å². The number of methoxy groups -OCH3 is 2. The monoisotopic (exact) mass is 429 g/mol. The Morgan fingerprint density at radius 2 is 1.81 bits per heavy atom. The molecule has 2 fully saturated rings. The Balaban J connectivity index is 1.78. The van der Waals surface area contributed by atoms with E-state index in [1.165, 1.54) is 10.5 Å². The Hall–Kier alpha value is -2.38. The Morgan fingerprint density at radius 1 is 1.13 bits per heavy atom. The number of imide groups is 1. The number of urea groups is 1. The Morgan fingerprint density at radius 3 is 2.39 bits per heavy atom. The van der Waals surface area contributed by atoms with Crippen LogP contribution in [-0.4, -0.2) is 79.2 Å². The van der Waals surface area contributed by atoms with Crippen LogP contribution in [0.25, 0.3) is 0 Å². The van der Waals surface area contributed by atoms with Gasteiger partial charge in [0.25, 0.3) is 5.91 Å². The van der Waals surface area contributed by atoms with Crippen LogP contribution in [0.5, 0.6) is 5.75 Å². The van der Waals surface area contributed by atoms with Crippen LogP contribution >= 0.6 is 0 Å². The zero-order valence-electron chi connectivity index (χ0n) is 19.2. The van der Waals surface area contributed by atoms with E-state index in [-0.39, 0.29) is 18.5 Å². The van der Waals surface area contributed by atoms with E-state index in [4.69, 9.17) is 9.47 Å². The molecule has 2 saturated heterocycles. The lowest BCUT2D eigenvalue weighted by Gasteiger charge is -2.42. The average molecular weight is 430 g/mol. The number of amides is 3. The molecule has 0 aliphatic carbocycles. The molecule has 1 aromatic carbocycles. The fourth-order valence-corrected chi connectivity index (χ4v) is 4.52. The number of hydrogen-bond donors (Lipinski definition) is 0. The third-order valence-corrected chi connectivity index (χ3v) is 6.50. The van der Waals surface area contributed by atoms with Crippen LogP contribution < -0.4 is 4.74 Å². The van der Waals surface area contributed by atoms with Crippen molar-refractivity contribution in [3.8, 4) is 5.75 Å². The number of carbonyl (C=O) groups excluding carboxylic acids is 2. The maximum atomic E-state index is 13.6. The molecule has 0 saturated carbocycles. The van der Waals surface area contributed by atoms with Gasteiger partial charge in [-0.15, -0.1) is 0 Å². The van der Waals surface area contributed by atoms with Crippen LogP contribution in [0.4, 0.5) is 4.79 Å². The van der Waals surface area contributed by atoms with Crippen LogP contribution in [-0.2, 0) is 16.1 Å². The number of rotatable bonds is 9. The van der Waals surface area contributed by atoms with Gasteiger partial charge in [0.15, 0.2) is 0 Å². The van der Waals surface area contributed by atoms with E-state index in [0.29, 0.717) is 26.0 Å². The standard InChI is InChI=1S/C24H35N3O4/c1-5-19(2)17-25-14-11-24(12-15-25)22(28)26(23(29)27(24)13-6-16-30-3)18-20-7-9-21(31-4)10-8-20/h5,7-10H,6,11-18H2,1-4H3/b19-5+. The van der Waals surface area contributed by atoms with E-state index >= 15 is 0 Å². The van der Waals surface area contributed by atoms with Gasteiger partial charge < -0.3 is 14.4 Å². The fourth-order valence-electron chi connectivity index (χ4n) is 4.52. The lowest BCUT2D eigenvalue weighted by atomic mass is 9.85. The summed E-state index contributed by atoms with van der Waals surface area (Å²) < 4.78 is 10.4. The molecule has 0 aromatic heterocycles. The molecule has 0 unspecified atom stereocenters. The number of nitrogens with zero attached hydrogens (tertiary/aromatic N) is 3. The Bertz CT molecular complexity index is 798. The summed E-state index contributed by atoms with van der Waals surface area (Å²) in [6, 6.07) is 7.34. The second-order valence-electron chi connectivity index (χ2n) is 8.46. The number of piperidine rings is 1. The van der Waals surface area contributed by atoms with Gasteiger partial charge in [-0.05, 0) is 50.8 Å². The number of likely N-dealkylation sites (tertiary alicyclic amines) is 1. The highest BCUT2D eigenvalue weighted by molar-refractivity contribution is 6.07. The molecule has 2 aliphatic heterocycles. The number of carbonyl (C=O) groups is 2. The summed E-state index contributed by atoms with van der Waals surface area (Å²) >= 11 is 0. The van der Waals surface area contributed by atoms with Crippen molar-refractivity contribution in [1.82, 2.24) is 14.7 Å². The van der Waals surface area contributed by atoms with Crippen LogP contribution in [0.2, 0.25) is 0 Å². The Kier molecular flexibility index (Phi) is 7.73. The van der Waals surface area contributed by atoms with Crippen molar-refractivity contribution in [3.05, 3.63) is 41.5 Å². The summed E-state index contributed by atoms with van der Waals surface area (Å²) in [6.07, 6.45) is 4.18. The molecule has 0 N–H and O–H groups in total. The summed E-state index contributed by atoms with van der Waals surface area (Å²) in [7, 11) is 3.28. The molecule has 3 rings (SSSR count). The molecule has 31 heavy (non-hydrogen) atoms. The molecule has 170 valence electrons. The molecule has 0 bridgehead atoms. The first kappa shape index (κ1) is 23.3. The van der Waals surface area contributed by atoms with E-state index in [1.807, 2.05) is 29.2 Å². The predicted octanol–water partition coefficient (Wildman–Crippen LogP) is 3.30. The first-order chi connectivity index (χ1) is 14.9. The number of allylic oxidation sites excluding steroid dienone is 1. The molecule has 2 aliphatic rings. The molecule has 1 aromatic rings. The Labute approximate surface area is 185 Å². The van der Waals surface area contributed by atoms with Crippen molar-refractivity contribution in [2.24, 2.45) is 0 Å². The van der Waals surface area contributed by atoms with E-state index in [2.05, 4.69) is 24.8 Å². The van der Waals surface area contributed by atoms with Gasteiger partial charge in [0.05, 0.1) is 13.7 Å². The van der Waals surface area contributed by atoms with Gasteiger partial charge in [-0.1, -0.05) is 23.8 Å². The van der Waals surface area contributed by atoms with Crippen molar-refractivity contribution < 1.29 is 19.1 Å². The van der Waals surface area contributed by atoms with E-state index in [1.54, 1.807) is 14.2 Å². The average Bonchev–Trinajstić information content (AvgIpc) is 2.97. The highest BCUT2D eigenvalue weighted by Gasteiger charge is 2.57. The van der Waals surface area contributed by atoms with Crippen molar-refractivity contribution >= 4 is 11.9 Å². The molecular formula is C24H35N3O4. The van der Waals surface area contributed by atoms with Crippen molar-refractivity contribution in [2.75, 3.05) is 47.0 Å². The molecule has 7 nitrogen and oxygen atoms in total. The quantitative estimate of drug-likeness (QED) is 0.342.